The van der Waals surface area contributed by atoms with Gasteiger partial charge in [0.25, 0.3) is 0 Å². The number of H-pyrrole nitrogens is 1. The van der Waals surface area contributed by atoms with Crippen LogP contribution in [-0.2, 0) is 30.4 Å². The van der Waals surface area contributed by atoms with Crippen molar-refractivity contribution in [2.45, 2.75) is 63.4 Å². The van der Waals surface area contributed by atoms with Crippen LogP contribution < -0.4 is 21.7 Å². The highest BCUT2D eigenvalue weighted by Crippen LogP contribution is 2.19. The first-order valence-corrected chi connectivity index (χ1v) is 11.2. The van der Waals surface area contributed by atoms with Crippen LogP contribution in [0.2, 0.25) is 0 Å². The van der Waals surface area contributed by atoms with E-state index in [1.54, 1.807) is 12.3 Å². The van der Waals surface area contributed by atoms with Crippen LogP contribution in [0.4, 0.5) is 0 Å². The monoisotopic (exact) mass is 505 g/mol. The Balaban J connectivity index is 2.30. The number of benzene rings is 1. The Morgan fingerprint density at radius 1 is 0.944 bits per heavy atom. The molecule has 5 atom stereocenters. The summed E-state index contributed by atoms with van der Waals surface area (Å²) in [6, 6.07) is 2.01. The molecule has 2 aromatic rings. The van der Waals surface area contributed by atoms with E-state index in [-0.39, 0.29) is 12.8 Å². The van der Waals surface area contributed by atoms with Crippen LogP contribution in [-0.4, -0.2) is 80.2 Å². The number of amides is 3. The summed E-state index contributed by atoms with van der Waals surface area (Å²) in [6.45, 7) is 2.53. The number of rotatable bonds is 13. The average Bonchev–Trinajstić information content (AvgIpc) is 3.22. The van der Waals surface area contributed by atoms with Gasteiger partial charge in [-0.3, -0.25) is 24.0 Å². The second-order valence-corrected chi connectivity index (χ2v) is 8.45. The van der Waals surface area contributed by atoms with E-state index in [9.17, 15) is 29.1 Å². The number of hydrogen-bond donors (Lipinski definition) is 8. The van der Waals surface area contributed by atoms with E-state index >= 15 is 0 Å². The molecule has 1 heterocycles. The summed E-state index contributed by atoms with van der Waals surface area (Å²) in [5.74, 6) is -5.06. The van der Waals surface area contributed by atoms with Crippen LogP contribution >= 0.6 is 0 Å². The second-order valence-electron chi connectivity index (χ2n) is 8.45. The van der Waals surface area contributed by atoms with Gasteiger partial charge in [0.2, 0.25) is 17.7 Å². The Bertz CT molecular complexity index is 1110. The molecule has 1 aromatic carbocycles. The highest BCUT2D eigenvalue weighted by molar-refractivity contribution is 5.95. The van der Waals surface area contributed by atoms with Crippen LogP contribution in [0, 0.1) is 0 Å². The summed E-state index contributed by atoms with van der Waals surface area (Å²) in [4.78, 5) is 63.6. The molecule has 5 unspecified atom stereocenters. The number of nitrogens with two attached hydrogens (primary N) is 1. The Morgan fingerprint density at radius 2 is 1.56 bits per heavy atom. The smallest absolute Gasteiger partial charge is 0.325 e. The van der Waals surface area contributed by atoms with Gasteiger partial charge >= 0.3 is 11.9 Å². The summed E-state index contributed by atoms with van der Waals surface area (Å²) >= 11 is 0. The van der Waals surface area contributed by atoms with Gasteiger partial charge in [-0.2, -0.15) is 0 Å². The number of hydrogen-bond acceptors (Lipinski definition) is 7. The molecule has 0 saturated carbocycles. The zero-order valence-electron chi connectivity index (χ0n) is 19.9. The minimum atomic E-state index is -1.39. The maximum atomic E-state index is 13.2. The highest BCUT2D eigenvalue weighted by atomic mass is 16.4. The van der Waals surface area contributed by atoms with Crippen molar-refractivity contribution in [3.63, 3.8) is 0 Å². The molecule has 0 radical (unpaired) electrons. The minimum absolute atomic E-state index is 0.0209. The molecule has 0 bridgehead atoms. The van der Waals surface area contributed by atoms with Crippen molar-refractivity contribution in [1.82, 2.24) is 20.9 Å². The Morgan fingerprint density at radius 3 is 2.17 bits per heavy atom. The lowest BCUT2D eigenvalue weighted by Crippen LogP contribution is -2.58. The van der Waals surface area contributed by atoms with E-state index in [1.165, 1.54) is 13.8 Å². The first-order valence-electron chi connectivity index (χ1n) is 11.2. The number of carbonyl (C=O) groups excluding carboxylic acids is 3. The third kappa shape index (κ3) is 7.78. The van der Waals surface area contributed by atoms with E-state index in [0.29, 0.717) is 5.56 Å². The lowest BCUT2D eigenvalue weighted by atomic mass is 10.0. The van der Waals surface area contributed by atoms with Crippen molar-refractivity contribution < 1.29 is 39.3 Å². The summed E-state index contributed by atoms with van der Waals surface area (Å²) in [7, 11) is 0. The topological polar surface area (TPSA) is 224 Å². The SMILES string of the molecule is CC(NC(=O)C(CCC(=O)O)NC(=O)C(Cc1c[nH]c2ccccc12)NC(=O)C(N)C(C)O)C(=O)O. The minimum Gasteiger partial charge on any atom is -0.481 e. The molecular formula is C23H31N5O8. The Hall–Kier alpha value is -3.97. The molecule has 36 heavy (non-hydrogen) atoms. The van der Waals surface area contributed by atoms with Gasteiger partial charge in [0.05, 0.1) is 6.10 Å². The summed E-state index contributed by atoms with van der Waals surface area (Å²) < 4.78 is 0. The van der Waals surface area contributed by atoms with Gasteiger partial charge in [0, 0.05) is 29.9 Å². The van der Waals surface area contributed by atoms with Crippen molar-refractivity contribution >= 4 is 40.6 Å². The largest absolute Gasteiger partial charge is 0.481 e. The number of aliphatic hydroxyl groups is 1. The number of carbonyl (C=O) groups is 5. The standard InChI is InChI=1S/C23H31N5O8/c1-11(23(35)36)26-20(32)16(7-8-18(30)31)27-21(33)17(28-22(34)19(24)12(2)29)9-13-10-25-15-6-4-3-5-14(13)15/h3-6,10-12,16-17,19,25,29H,7-9,24H2,1-2H3,(H,26,32)(H,27,33)(H,28,34)(H,30,31)(H,35,36). The van der Waals surface area contributed by atoms with Crippen LogP contribution in [0.15, 0.2) is 30.5 Å². The summed E-state index contributed by atoms with van der Waals surface area (Å²) in [5.41, 5.74) is 7.16. The molecule has 13 heteroatoms. The number of aliphatic hydroxyl groups excluding tert-OH is 1. The second kappa shape index (κ2) is 12.7. The average molecular weight is 506 g/mol. The Kier molecular flexibility index (Phi) is 9.93. The van der Waals surface area contributed by atoms with E-state index in [1.807, 2.05) is 18.2 Å². The number of para-hydroxylation sites is 1. The van der Waals surface area contributed by atoms with Gasteiger partial charge in [0.15, 0.2) is 0 Å². The van der Waals surface area contributed by atoms with E-state index in [0.717, 1.165) is 10.9 Å². The number of carboxylic acids is 2. The molecule has 196 valence electrons. The number of fused-ring (bicyclic) bond motifs is 1. The molecule has 0 aliphatic rings. The van der Waals surface area contributed by atoms with Gasteiger partial charge in [-0.1, -0.05) is 18.2 Å². The van der Waals surface area contributed by atoms with Crippen LogP contribution in [0.3, 0.4) is 0 Å². The van der Waals surface area contributed by atoms with Gasteiger partial charge < -0.3 is 42.0 Å². The van der Waals surface area contributed by atoms with Crippen molar-refractivity contribution in [2.75, 3.05) is 0 Å². The molecule has 0 aliphatic carbocycles. The summed E-state index contributed by atoms with van der Waals surface area (Å²) in [5, 5.41) is 35.6. The molecule has 0 aliphatic heterocycles. The summed E-state index contributed by atoms with van der Waals surface area (Å²) in [6.07, 6.45) is -0.359. The maximum absolute atomic E-state index is 13.2. The quantitative estimate of drug-likeness (QED) is 0.164. The number of aliphatic carboxylic acids is 2. The fraction of sp³-hybridized carbons (Fsp3) is 0.435. The van der Waals surface area contributed by atoms with Gasteiger partial charge in [-0.25, -0.2) is 0 Å². The molecule has 0 fully saturated rings. The molecular weight excluding hydrogens is 474 g/mol. The molecule has 13 nitrogen and oxygen atoms in total. The predicted molar refractivity (Wildman–Crippen MR) is 128 cm³/mol. The highest BCUT2D eigenvalue weighted by Gasteiger charge is 2.31. The lowest BCUT2D eigenvalue weighted by molar-refractivity contribution is -0.142. The van der Waals surface area contributed by atoms with Gasteiger partial charge in [-0.15, -0.1) is 0 Å². The van der Waals surface area contributed by atoms with Crippen molar-refractivity contribution in [3.8, 4) is 0 Å². The molecule has 2 rings (SSSR count). The van der Waals surface area contributed by atoms with E-state index in [2.05, 4.69) is 20.9 Å². The molecule has 0 saturated heterocycles. The van der Waals surface area contributed by atoms with Crippen molar-refractivity contribution in [3.05, 3.63) is 36.0 Å². The first kappa shape index (κ1) is 28.3. The van der Waals surface area contributed by atoms with E-state index < -0.39 is 66.4 Å². The normalized spacial score (nSPS) is 15.2. The lowest BCUT2D eigenvalue weighted by Gasteiger charge is -2.25. The van der Waals surface area contributed by atoms with Crippen molar-refractivity contribution in [2.24, 2.45) is 5.73 Å². The number of carboxylic acid groups (broad SMARTS) is 2. The van der Waals surface area contributed by atoms with Crippen LogP contribution in [0.25, 0.3) is 10.9 Å². The number of aromatic nitrogens is 1. The van der Waals surface area contributed by atoms with Crippen molar-refractivity contribution in [1.29, 1.82) is 0 Å². The third-order valence-corrected chi connectivity index (χ3v) is 5.56. The maximum Gasteiger partial charge on any atom is 0.325 e. The van der Waals surface area contributed by atoms with Crippen LogP contribution in [0.5, 0.6) is 0 Å². The van der Waals surface area contributed by atoms with Gasteiger partial charge in [-0.05, 0) is 31.9 Å². The fourth-order valence-electron chi connectivity index (χ4n) is 3.40. The zero-order valence-corrected chi connectivity index (χ0v) is 19.9. The molecule has 0 spiro atoms. The van der Waals surface area contributed by atoms with Gasteiger partial charge in [0.1, 0.15) is 24.2 Å². The molecule has 9 N–H and O–H groups in total. The molecule has 1 aromatic heterocycles. The third-order valence-electron chi connectivity index (χ3n) is 5.56. The molecule has 3 amide bonds. The van der Waals surface area contributed by atoms with Crippen LogP contribution in [0.1, 0.15) is 32.3 Å². The fourth-order valence-corrected chi connectivity index (χ4v) is 3.40. The van der Waals surface area contributed by atoms with E-state index in [4.69, 9.17) is 15.9 Å². The first-order chi connectivity index (χ1) is 16.9. The predicted octanol–water partition coefficient (Wildman–Crippen LogP) is -1.16. The zero-order chi connectivity index (χ0) is 27.0. The number of aromatic amines is 1. The Labute approximate surface area is 206 Å². The number of nitrogens with one attached hydrogen (secondary N) is 4.